The summed E-state index contributed by atoms with van der Waals surface area (Å²) in [7, 11) is 1.63. The fourth-order valence-corrected chi connectivity index (χ4v) is 2.74. The number of pyridine rings is 1. The summed E-state index contributed by atoms with van der Waals surface area (Å²) in [5, 5.41) is 16.3. The van der Waals surface area contributed by atoms with E-state index in [1.54, 1.807) is 19.2 Å². The Morgan fingerprint density at radius 1 is 1.23 bits per heavy atom. The van der Waals surface area contributed by atoms with Crippen molar-refractivity contribution in [1.29, 1.82) is 0 Å². The van der Waals surface area contributed by atoms with Crippen molar-refractivity contribution in [3.63, 3.8) is 0 Å². The Labute approximate surface area is 132 Å². The topological polar surface area (TPSA) is 62.2 Å². The molecule has 0 atom stereocenters. The Kier molecular flexibility index (Phi) is 4.29. The molecule has 0 radical (unpaired) electrons. The first-order chi connectivity index (χ1) is 10.8. The van der Waals surface area contributed by atoms with E-state index in [2.05, 4.69) is 5.16 Å². The first kappa shape index (κ1) is 14.5. The van der Waals surface area contributed by atoms with Crippen LogP contribution in [0.25, 0.3) is 11.3 Å². The summed E-state index contributed by atoms with van der Waals surface area (Å²) in [5.41, 5.74) is 1.72. The van der Waals surface area contributed by atoms with E-state index < -0.39 is 0 Å². The van der Waals surface area contributed by atoms with Crippen molar-refractivity contribution in [2.45, 2.75) is 10.8 Å². The van der Waals surface area contributed by atoms with Gasteiger partial charge in [-0.05, 0) is 42.1 Å². The van der Waals surface area contributed by atoms with Gasteiger partial charge >= 0.3 is 0 Å². The summed E-state index contributed by atoms with van der Waals surface area (Å²) >= 11 is 1.41. The number of nitrogens with zero attached hydrogens (tertiary/aromatic N) is 2. The van der Waals surface area contributed by atoms with Crippen LogP contribution in [0.2, 0.25) is 0 Å². The van der Waals surface area contributed by atoms with Crippen LogP contribution in [-0.4, -0.2) is 12.3 Å². The maximum Gasteiger partial charge on any atom is 0.251 e. The molecule has 0 aliphatic heterocycles. The summed E-state index contributed by atoms with van der Waals surface area (Å²) in [6, 6.07) is 14.8. The zero-order valence-corrected chi connectivity index (χ0v) is 12.7. The summed E-state index contributed by atoms with van der Waals surface area (Å²) in [4.78, 5) is 0. The molecule has 0 bridgehead atoms. The van der Waals surface area contributed by atoms with E-state index in [0.717, 1.165) is 27.5 Å². The van der Waals surface area contributed by atoms with E-state index in [-0.39, 0.29) is 0 Å². The molecule has 2 aromatic heterocycles. The highest BCUT2D eigenvalue weighted by Gasteiger charge is 2.10. The molecule has 0 saturated carbocycles. The van der Waals surface area contributed by atoms with Gasteiger partial charge in [-0.25, -0.2) is 0 Å². The largest absolute Gasteiger partial charge is 0.618 e. The van der Waals surface area contributed by atoms with Gasteiger partial charge < -0.3 is 14.5 Å². The van der Waals surface area contributed by atoms with Crippen molar-refractivity contribution in [3.8, 4) is 17.0 Å². The third kappa shape index (κ3) is 3.23. The van der Waals surface area contributed by atoms with Crippen LogP contribution in [-0.2, 0) is 5.75 Å². The third-order valence-corrected chi connectivity index (χ3v) is 4.14. The monoisotopic (exact) mass is 314 g/mol. The van der Waals surface area contributed by atoms with E-state index in [1.165, 1.54) is 18.0 Å². The summed E-state index contributed by atoms with van der Waals surface area (Å²) in [6.07, 6.45) is 1.48. The van der Waals surface area contributed by atoms with E-state index in [4.69, 9.17) is 9.26 Å². The lowest BCUT2D eigenvalue weighted by atomic mass is 10.1. The molecule has 3 rings (SSSR count). The fraction of sp³-hybridized carbons (Fsp3) is 0.125. The second-order valence-corrected chi connectivity index (χ2v) is 5.56. The van der Waals surface area contributed by atoms with Gasteiger partial charge in [-0.1, -0.05) is 5.16 Å². The highest BCUT2D eigenvalue weighted by molar-refractivity contribution is 7.98. The van der Waals surface area contributed by atoms with Gasteiger partial charge in [0.1, 0.15) is 17.2 Å². The van der Waals surface area contributed by atoms with E-state index >= 15 is 0 Å². The van der Waals surface area contributed by atoms with Crippen LogP contribution in [0.3, 0.4) is 0 Å². The van der Waals surface area contributed by atoms with Crippen molar-refractivity contribution in [1.82, 2.24) is 5.16 Å². The van der Waals surface area contributed by atoms with Gasteiger partial charge in [0.2, 0.25) is 0 Å². The molecule has 3 aromatic rings. The predicted molar refractivity (Wildman–Crippen MR) is 83.5 cm³/mol. The summed E-state index contributed by atoms with van der Waals surface area (Å²) < 4.78 is 11.3. The molecule has 0 N–H and O–H groups in total. The molecular formula is C16H14N2O3S. The molecule has 6 heteroatoms. The minimum absolute atomic E-state index is 0.551. The molecule has 1 aromatic carbocycles. The average Bonchev–Trinajstić information content (AvgIpc) is 3.03. The van der Waals surface area contributed by atoms with Crippen molar-refractivity contribution in [3.05, 3.63) is 65.7 Å². The number of hydrogen-bond acceptors (Lipinski definition) is 5. The summed E-state index contributed by atoms with van der Waals surface area (Å²) in [5.74, 6) is 2.07. The number of thioether (sulfide) groups is 1. The van der Waals surface area contributed by atoms with Crippen LogP contribution < -0.4 is 9.47 Å². The molecule has 112 valence electrons. The Hall–Kier alpha value is -2.47. The number of rotatable bonds is 5. The van der Waals surface area contributed by atoms with Crippen molar-refractivity contribution in [2.24, 2.45) is 0 Å². The zero-order chi connectivity index (χ0) is 15.4. The molecule has 0 spiro atoms. The Morgan fingerprint density at radius 3 is 2.77 bits per heavy atom. The number of methoxy groups -OCH3 is 1. The molecule has 5 nitrogen and oxygen atoms in total. The Balaban J connectivity index is 1.69. The molecule has 0 aliphatic carbocycles. The molecule has 0 fully saturated rings. The van der Waals surface area contributed by atoms with Crippen LogP contribution in [0.5, 0.6) is 5.75 Å². The Morgan fingerprint density at radius 2 is 2.05 bits per heavy atom. The molecular weight excluding hydrogens is 300 g/mol. The molecule has 22 heavy (non-hydrogen) atoms. The van der Waals surface area contributed by atoms with Crippen LogP contribution in [0.4, 0.5) is 0 Å². The molecule has 0 unspecified atom stereocenters. The minimum Gasteiger partial charge on any atom is -0.618 e. The fourth-order valence-electron chi connectivity index (χ4n) is 1.95. The maximum atomic E-state index is 11.6. The molecule has 2 heterocycles. The predicted octanol–water partition coefficient (Wildman–Crippen LogP) is 3.28. The number of aromatic nitrogens is 2. The van der Waals surface area contributed by atoms with Gasteiger partial charge in [0, 0.05) is 23.8 Å². The van der Waals surface area contributed by atoms with Crippen molar-refractivity contribution < 1.29 is 14.0 Å². The van der Waals surface area contributed by atoms with Gasteiger partial charge in [0.25, 0.3) is 5.03 Å². The van der Waals surface area contributed by atoms with Crippen molar-refractivity contribution in [2.75, 3.05) is 7.11 Å². The molecule has 0 saturated heterocycles. The Bertz CT molecular complexity index is 756. The van der Waals surface area contributed by atoms with Gasteiger partial charge in [-0.15, -0.1) is 0 Å². The smallest absolute Gasteiger partial charge is 0.251 e. The second kappa shape index (κ2) is 6.53. The molecule has 0 aliphatic rings. The lowest BCUT2D eigenvalue weighted by molar-refractivity contribution is -0.645. The average molecular weight is 314 g/mol. The molecule has 0 amide bonds. The van der Waals surface area contributed by atoms with Gasteiger partial charge in [0.05, 0.1) is 12.9 Å². The third-order valence-electron chi connectivity index (χ3n) is 3.10. The first-order valence-electron chi connectivity index (χ1n) is 6.67. The quantitative estimate of drug-likeness (QED) is 0.411. The van der Waals surface area contributed by atoms with Crippen LogP contribution >= 0.6 is 11.8 Å². The van der Waals surface area contributed by atoms with Gasteiger partial charge in [-0.2, -0.15) is 4.73 Å². The minimum atomic E-state index is 0.551. The lowest BCUT2D eigenvalue weighted by Crippen LogP contribution is -2.27. The maximum absolute atomic E-state index is 11.6. The van der Waals surface area contributed by atoms with Crippen LogP contribution in [0.1, 0.15) is 5.76 Å². The highest BCUT2D eigenvalue weighted by atomic mass is 32.2. The zero-order valence-electron chi connectivity index (χ0n) is 11.9. The highest BCUT2D eigenvalue weighted by Crippen LogP contribution is 2.25. The SMILES string of the molecule is COc1ccc(-c2cc(CSc3cccc[n+]3[O-])on2)cc1. The van der Waals surface area contributed by atoms with Gasteiger partial charge in [0.15, 0.2) is 6.20 Å². The van der Waals surface area contributed by atoms with Gasteiger partial charge in [-0.3, -0.25) is 0 Å². The standard InChI is InChI=1S/C16H14N2O3S/c1-20-13-7-5-12(6-8-13)15-10-14(21-17-15)11-22-16-4-2-3-9-18(16)19/h2-10H,11H2,1H3. The van der Waals surface area contributed by atoms with Crippen molar-refractivity contribution >= 4 is 11.8 Å². The van der Waals surface area contributed by atoms with E-state index in [1.807, 2.05) is 36.4 Å². The van der Waals surface area contributed by atoms with E-state index in [9.17, 15) is 5.21 Å². The van der Waals surface area contributed by atoms with Crippen LogP contribution in [0, 0.1) is 5.21 Å². The second-order valence-electron chi connectivity index (χ2n) is 4.56. The number of hydrogen-bond donors (Lipinski definition) is 0. The summed E-state index contributed by atoms with van der Waals surface area (Å²) in [6.45, 7) is 0. The lowest BCUT2D eigenvalue weighted by Gasteiger charge is -2.01. The van der Waals surface area contributed by atoms with Crippen LogP contribution in [0.15, 0.2) is 64.3 Å². The number of ether oxygens (including phenoxy) is 1. The van der Waals surface area contributed by atoms with E-state index in [0.29, 0.717) is 10.8 Å². The normalized spacial score (nSPS) is 10.6. The number of benzene rings is 1. The first-order valence-corrected chi connectivity index (χ1v) is 7.66.